The quantitative estimate of drug-likeness (QED) is 0.590. The standard InChI is InChI=1S/C18H20Cl2N4O/c1-21-18(25-15-10-24-6-5-12(15)9-24)23(2)16-7-13-11(8-22-16)3-4-14(19)17(13)20/h3-4,7-8,12,15H,5-6,9-10H2,1-2H3. The van der Waals surface area contributed by atoms with E-state index in [1.165, 1.54) is 13.0 Å². The van der Waals surface area contributed by atoms with Gasteiger partial charge in [0.25, 0.3) is 6.02 Å². The summed E-state index contributed by atoms with van der Waals surface area (Å²) in [6.45, 7) is 3.29. The van der Waals surface area contributed by atoms with Crippen LogP contribution in [0.15, 0.2) is 29.4 Å². The van der Waals surface area contributed by atoms with Gasteiger partial charge in [-0.3, -0.25) is 9.80 Å². The molecule has 0 N–H and O–H groups in total. The Hall–Kier alpha value is -1.56. The van der Waals surface area contributed by atoms with Crippen LogP contribution in [0, 0.1) is 5.92 Å². The number of aliphatic imine (C=N–C) groups is 1. The SMILES string of the molecule is CN=C(OC1CN2CCC1C2)N(C)c1cc2c(Cl)c(Cl)ccc2cn1. The van der Waals surface area contributed by atoms with Gasteiger partial charge in [0.2, 0.25) is 0 Å². The molecule has 2 aromatic rings. The maximum absolute atomic E-state index is 6.35. The first-order chi connectivity index (χ1) is 12.1. The van der Waals surface area contributed by atoms with E-state index in [9.17, 15) is 0 Å². The highest BCUT2D eigenvalue weighted by molar-refractivity contribution is 6.45. The summed E-state index contributed by atoms with van der Waals surface area (Å²) in [5, 5.41) is 2.88. The Morgan fingerprint density at radius 3 is 2.88 bits per heavy atom. The van der Waals surface area contributed by atoms with Crippen molar-refractivity contribution in [3.05, 3.63) is 34.4 Å². The minimum Gasteiger partial charge on any atom is -0.460 e. The fourth-order valence-electron chi connectivity index (χ4n) is 3.71. The Labute approximate surface area is 157 Å². The summed E-state index contributed by atoms with van der Waals surface area (Å²) >= 11 is 12.5. The highest BCUT2D eigenvalue weighted by atomic mass is 35.5. The summed E-state index contributed by atoms with van der Waals surface area (Å²) < 4.78 is 6.21. The largest absolute Gasteiger partial charge is 0.460 e. The summed E-state index contributed by atoms with van der Waals surface area (Å²) in [5.41, 5.74) is 0. The van der Waals surface area contributed by atoms with Crippen LogP contribution in [-0.4, -0.2) is 55.7 Å². The van der Waals surface area contributed by atoms with Crippen molar-refractivity contribution < 1.29 is 4.74 Å². The molecule has 0 aliphatic carbocycles. The first kappa shape index (κ1) is 16.9. The summed E-state index contributed by atoms with van der Waals surface area (Å²) in [5.74, 6) is 1.32. The molecule has 0 spiro atoms. The van der Waals surface area contributed by atoms with E-state index >= 15 is 0 Å². The predicted molar refractivity (Wildman–Crippen MR) is 103 cm³/mol. The molecule has 3 unspecified atom stereocenters. The molecule has 132 valence electrons. The Morgan fingerprint density at radius 2 is 2.20 bits per heavy atom. The van der Waals surface area contributed by atoms with Gasteiger partial charge in [-0.2, -0.15) is 0 Å². The van der Waals surface area contributed by atoms with Crippen LogP contribution in [0.5, 0.6) is 0 Å². The first-order valence-electron chi connectivity index (χ1n) is 8.40. The average molecular weight is 379 g/mol. The third-order valence-corrected chi connectivity index (χ3v) is 5.95. The lowest BCUT2D eigenvalue weighted by molar-refractivity contribution is 0.127. The molecule has 2 aliphatic heterocycles. The van der Waals surface area contributed by atoms with Gasteiger partial charge in [0, 0.05) is 50.1 Å². The zero-order chi connectivity index (χ0) is 17.6. The van der Waals surface area contributed by atoms with E-state index in [0.29, 0.717) is 22.0 Å². The molecule has 0 amide bonds. The molecule has 3 atom stereocenters. The second-order valence-corrected chi connectivity index (χ2v) is 7.44. The van der Waals surface area contributed by atoms with Crippen molar-refractivity contribution in [3.8, 4) is 0 Å². The van der Waals surface area contributed by atoms with Crippen molar-refractivity contribution in [1.82, 2.24) is 9.88 Å². The number of amidine groups is 1. The van der Waals surface area contributed by atoms with Gasteiger partial charge in [-0.15, -0.1) is 0 Å². The smallest absolute Gasteiger partial charge is 0.292 e. The second kappa shape index (κ2) is 6.63. The summed E-state index contributed by atoms with van der Waals surface area (Å²) in [6, 6.07) is 6.19. The van der Waals surface area contributed by atoms with Crippen LogP contribution < -0.4 is 4.90 Å². The lowest BCUT2D eigenvalue weighted by atomic mass is 10.0. The highest BCUT2D eigenvalue weighted by Crippen LogP contribution is 2.33. The van der Waals surface area contributed by atoms with Crippen molar-refractivity contribution in [1.29, 1.82) is 0 Å². The van der Waals surface area contributed by atoms with Crippen LogP contribution in [0.3, 0.4) is 0 Å². The fraction of sp³-hybridized carbons (Fsp3) is 0.444. The number of rotatable bonds is 2. The van der Waals surface area contributed by atoms with Gasteiger partial charge in [-0.25, -0.2) is 9.98 Å². The number of fused-ring (bicyclic) bond motifs is 3. The molecule has 2 bridgehead atoms. The number of benzene rings is 1. The molecule has 2 saturated heterocycles. The highest BCUT2D eigenvalue weighted by Gasteiger charge is 2.40. The molecule has 1 aromatic heterocycles. The molecule has 1 aromatic carbocycles. The van der Waals surface area contributed by atoms with Crippen LogP contribution in [0.2, 0.25) is 10.0 Å². The molecule has 7 heteroatoms. The number of nitrogens with zero attached hydrogens (tertiary/aromatic N) is 4. The Balaban J connectivity index is 1.59. The van der Waals surface area contributed by atoms with Gasteiger partial charge in [0.15, 0.2) is 0 Å². The number of hydrogen-bond acceptors (Lipinski definition) is 4. The van der Waals surface area contributed by atoms with Crippen molar-refractivity contribution in [2.24, 2.45) is 10.9 Å². The van der Waals surface area contributed by atoms with E-state index < -0.39 is 0 Å². The minimum absolute atomic E-state index is 0.202. The summed E-state index contributed by atoms with van der Waals surface area (Å²) in [7, 11) is 3.65. The van der Waals surface area contributed by atoms with Crippen molar-refractivity contribution in [2.75, 3.05) is 38.6 Å². The maximum Gasteiger partial charge on any atom is 0.292 e. The number of halogens is 2. The van der Waals surface area contributed by atoms with Gasteiger partial charge in [0.1, 0.15) is 11.9 Å². The number of piperidine rings is 1. The van der Waals surface area contributed by atoms with E-state index in [4.69, 9.17) is 27.9 Å². The van der Waals surface area contributed by atoms with E-state index in [-0.39, 0.29) is 6.10 Å². The van der Waals surface area contributed by atoms with Crippen molar-refractivity contribution in [3.63, 3.8) is 0 Å². The number of anilines is 1. The van der Waals surface area contributed by atoms with Crippen LogP contribution in [-0.2, 0) is 4.74 Å². The van der Waals surface area contributed by atoms with Gasteiger partial charge in [-0.05, 0) is 25.1 Å². The lowest BCUT2D eigenvalue weighted by Crippen LogP contribution is -2.38. The molecular formula is C18H20Cl2N4O. The topological polar surface area (TPSA) is 41.0 Å². The Morgan fingerprint density at radius 1 is 1.36 bits per heavy atom. The molecule has 4 rings (SSSR count). The normalized spacial score (nSPS) is 25.6. The fourth-order valence-corrected chi connectivity index (χ4v) is 4.10. The number of hydrogen-bond donors (Lipinski definition) is 0. The van der Waals surface area contributed by atoms with Gasteiger partial charge >= 0.3 is 0 Å². The van der Waals surface area contributed by atoms with Crippen LogP contribution in [0.25, 0.3) is 10.8 Å². The lowest BCUT2D eigenvalue weighted by Gasteiger charge is -2.27. The Bertz CT molecular complexity index is 841. The van der Waals surface area contributed by atoms with E-state index in [0.717, 1.165) is 29.7 Å². The molecule has 0 radical (unpaired) electrons. The first-order valence-corrected chi connectivity index (χ1v) is 9.15. The van der Waals surface area contributed by atoms with Crippen molar-refractivity contribution >= 4 is 45.8 Å². The zero-order valence-electron chi connectivity index (χ0n) is 14.2. The van der Waals surface area contributed by atoms with E-state index in [1.807, 2.05) is 24.1 Å². The van der Waals surface area contributed by atoms with Gasteiger partial charge in [-0.1, -0.05) is 29.3 Å². The molecule has 2 aliphatic rings. The van der Waals surface area contributed by atoms with Crippen LogP contribution in [0.1, 0.15) is 6.42 Å². The van der Waals surface area contributed by atoms with Crippen LogP contribution in [0.4, 0.5) is 5.82 Å². The molecule has 0 saturated carbocycles. The molecular weight excluding hydrogens is 359 g/mol. The average Bonchev–Trinajstić information content (AvgIpc) is 3.25. The predicted octanol–water partition coefficient (Wildman–Crippen LogP) is 3.68. The third-order valence-electron chi connectivity index (χ3n) is 5.13. The number of aromatic nitrogens is 1. The van der Waals surface area contributed by atoms with E-state index in [2.05, 4.69) is 14.9 Å². The summed E-state index contributed by atoms with van der Waals surface area (Å²) in [4.78, 5) is 13.2. The monoisotopic (exact) mass is 378 g/mol. The van der Waals surface area contributed by atoms with Crippen molar-refractivity contribution in [2.45, 2.75) is 12.5 Å². The molecule has 2 fully saturated rings. The molecule has 3 heterocycles. The molecule has 25 heavy (non-hydrogen) atoms. The number of ether oxygens (including phenoxy) is 1. The third kappa shape index (κ3) is 3.05. The minimum atomic E-state index is 0.202. The number of pyridine rings is 1. The second-order valence-electron chi connectivity index (χ2n) is 6.65. The van der Waals surface area contributed by atoms with E-state index in [1.54, 1.807) is 19.3 Å². The van der Waals surface area contributed by atoms with Gasteiger partial charge < -0.3 is 4.74 Å². The van der Waals surface area contributed by atoms with Gasteiger partial charge in [0.05, 0.1) is 10.0 Å². The molecule has 5 nitrogen and oxygen atoms in total. The maximum atomic E-state index is 6.35. The Kier molecular flexibility index (Phi) is 4.48. The summed E-state index contributed by atoms with van der Waals surface area (Å²) in [6.07, 6.45) is 3.20. The van der Waals surface area contributed by atoms with Crippen LogP contribution >= 0.6 is 23.2 Å². The zero-order valence-corrected chi connectivity index (χ0v) is 15.8.